The van der Waals surface area contributed by atoms with Crippen LogP contribution in [-0.4, -0.2) is 65.2 Å². The molecule has 0 saturated heterocycles. The van der Waals surface area contributed by atoms with Gasteiger partial charge in [-0.15, -0.1) is 0 Å². The molecule has 1 rings (SSSR count). The molecule has 0 radical (unpaired) electrons. The Bertz CT molecular complexity index is 383. The van der Waals surface area contributed by atoms with Gasteiger partial charge in [0.1, 0.15) is 0 Å². The normalized spacial score (nSPS) is 20.7. The molecule has 0 aromatic heterocycles. The summed E-state index contributed by atoms with van der Waals surface area (Å²) in [6.07, 6.45) is 1.67. The second kappa shape index (κ2) is 9.11. The zero-order chi connectivity index (χ0) is 17.6. The molecule has 134 valence electrons. The Morgan fingerprint density at radius 3 is 2.04 bits per heavy atom. The third-order valence-electron chi connectivity index (χ3n) is 4.16. The van der Waals surface area contributed by atoms with E-state index in [9.17, 15) is 9.59 Å². The Labute approximate surface area is 140 Å². The summed E-state index contributed by atoms with van der Waals surface area (Å²) in [5.41, 5.74) is 0. The number of urea groups is 1. The molecule has 1 aliphatic rings. The zero-order valence-corrected chi connectivity index (χ0v) is 15.2. The maximum absolute atomic E-state index is 12.4. The monoisotopic (exact) mass is 327 g/mol. The van der Waals surface area contributed by atoms with Crippen molar-refractivity contribution in [3.63, 3.8) is 0 Å². The van der Waals surface area contributed by atoms with Crippen molar-refractivity contribution in [3.05, 3.63) is 0 Å². The summed E-state index contributed by atoms with van der Waals surface area (Å²) in [6.45, 7) is 12.8. The number of amides is 2. The van der Waals surface area contributed by atoms with Crippen LogP contribution in [0.25, 0.3) is 0 Å². The van der Waals surface area contributed by atoms with E-state index in [0.29, 0.717) is 11.8 Å². The molecule has 23 heavy (non-hydrogen) atoms. The van der Waals surface area contributed by atoms with E-state index in [1.807, 2.05) is 16.7 Å². The highest BCUT2D eigenvalue weighted by molar-refractivity contribution is 5.74. The summed E-state index contributed by atoms with van der Waals surface area (Å²) in [5, 5.41) is 12.0. The fraction of sp³-hybridized carbons (Fsp3) is 0.882. The molecule has 6 heteroatoms. The van der Waals surface area contributed by atoms with Crippen LogP contribution in [0.1, 0.15) is 47.5 Å². The number of nitrogens with one attached hydrogen (secondary N) is 1. The molecule has 1 saturated carbocycles. The van der Waals surface area contributed by atoms with Crippen LogP contribution >= 0.6 is 0 Å². The Balaban J connectivity index is 2.44. The number of carboxylic acid groups (broad SMARTS) is 1. The highest BCUT2D eigenvalue weighted by Gasteiger charge is 2.35. The summed E-state index contributed by atoms with van der Waals surface area (Å²) in [6, 6.07) is 0.444. The molecule has 0 heterocycles. The van der Waals surface area contributed by atoms with E-state index in [1.165, 1.54) is 0 Å². The van der Waals surface area contributed by atoms with Crippen LogP contribution in [0.3, 0.4) is 0 Å². The molecule has 6 nitrogen and oxygen atoms in total. The van der Waals surface area contributed by atoms with Crippen LogP contribution in [0.2, 0.25) is 0 Å². The van der Waals surface area contributed by atoms with Gasteiger partial charge < -0.3 is 15.3 Å². The molecular formula is C17H33N3O3. The molecule has 0 aromatic rings. The molecule has 0 aromatic carbocycles. The quantitative estimate of drug-likeness (QED) is 0.681. The van der Waals surface area contributed by atoms with Crippen LogP contribution in [-0.2, 0) is 4.79 Å². The van der Waals surface area contributed by atoms with Gasteiger partial charge in [-0.2, -0.15) is 0 Å². The first kappa shape index (κ1) is 19.7. The van der Waals surface area contributed by atoms with Gasteiger partial charge in [-0.05, 0) is 31.2 Å². The van der Waals surface area contributed by atoms with Gasteiger partial charge in [-0.1, -0.05) is 34.6 Å². The van der Waals surface area contributed by atoms with Crippen LogP contribution in [0.4, 0.5) is 4.79 Å². The van der Waals surface area contributed by atoms with E-state index in [4.69, 9.17) is 5.11 Å². The maximum Gasteiger partial charge on any atom is 0.317 e. The molecule has 0 spiro atoms. The lowest BCUT2D eigenvalue weighted by Crippen LogP contribution is -2.57. The minimum absolute atomic E-state index is 0.0112. The van der Waals surface area contributed by atoms with Crippen LogP contribution < -0.4 is 5.32 Å². The molecule has 1 fully saturated rings. The number of nitrogens with zero attached hydrogens (tertiary/aromatic N) is 2. The van der Waals surface area contributed by atoms with E-state index >= 15 is 0 Å². The predicted molar refractivity (Wildman–Crippen MR) is 91.5 cm³/mol. The number of rotatable bonds is 9. The van der Waals surface area contributed by atoms with E-state index < -0.39 is 5.97 Å². The van der Waals surface area contributed by atoms with Gasteiger partial charge in [0.05, 0.1) is 6.54 Å². The highest BCUT2D eigenvalue weighted by atomic mass is 16.4. The minimum atomic E-state index is -0.792. The van der Waals surface area contributed by atoms with Crippen molar-refractivity contribution < 1.29 is 14.7 Å². The van der Waals surface area contributed by atoms with Gasteiger partial charge in [-0.3, -0.25) is 9.69 Å². The third kappa shape index (κ3) is 6.77. The maximum atomic E-state index is 12.4. The number of aliphatic carboxylic acids is 1. The van der Waals surface area contributed by atoms with Gasteiger partial charge in [0.15, 0.2) is 0 Å². The second-order valence-electron chi connectivity index (χ2n) is 7.42. The van der Waals surface area contributed by atoms with Crippen LogP contribution in [0.15, 0.2) is 0 Å². The fourth-order valence-electron chi connectivity index (χ4n) is 3.06. The van der Waals surface area contributed by atoms with Crippen molar-refractivity contribution in [2.24, 2.45) is 11.8 Å². The molecule has 0 atom stereocenters. The largest absolute Gasteiger partial charge is 0.480 e. The lowest BCUT2D eigenvalue weighted by molar-refractivity contribution is -0.139. The summed E-state index contributed by atoms with van der Waals surface area (Å²) in [7, 11) is 0. The standard InChI is InChI=1S/C17H33N3O3/c1-6-19(11-16(21)22)15-7-14(8-15)18-17(23)20(9-12(2)3)10-13(4)5/h12-15H,6-11H2,1-5H3,(H,18,23)(H,21,22). The second-order valence-corrected chi connectivity index (χ2v) is 7.42. The van der Waals surface area contributed by atoms with Crippen molar-refractivity contribution in [3.8, 4) is 0 Å². The van der Waals surface area contributed by atoms with Gasteiger partial charge in [0, 0.05) is 25.2 Å². The van der Waals surface area contributed by atoms with Crippen molar-refractivity contribution >= 4 is 12.0 Å². The van der Waals surface area contributed by atoms with E-state index in [1.54, 1.807) is 0 Å². The molecule has 0 bridgehead atoms. The first-order valence-corrected chi connectivity index (χ1v) is 8.74. The van der Waals surface area contributed by atoms with Gasteiger partial charge >= 0.3 is 12.0 Å². The Morgan fingerprint density at radius 2 is 1.65 bits per heavy atom. The van der Waals surface area contributed by atoms with E-state index in [2.05, 4.69) is 33.0 Å². The number of carbonyl (C=O) groups is 2. The van der Waals surface area contributed by atoms with E-state index in [-0.39, 0.29) is 24.7 Å². The molecule has 2 N–H and O–H groups in total. The molecule has 1 aliphatic carbocycles. The summed E-state index contributed by atoms with van der Waals surface area (Å²) < 4.78 is 0. The number of hydrogen-bond donors (Lipinski definition) is 2. The van der Waals surface area contributed by atoms with Gasteiger partial charge in [0.25, 0.3) is 0 Å². The number of carboxylic acids is 1. The predicted octanol–water partition coefficient (Wildman–Crippen LogP) is 2.25. The lowest BCUT2D eigenvalue weighted by atomic mass is 9.85. The average Bonchev–Trinajstić information content (AvgIpc) is 2.37. The topological polar surface area (TPSA) is 72.9 Å². The summed E-state index contributed by atoms with van der Waals surface area (Å²) in [4.78, 5) is 27.2. The fourth-order valence-corrected chi connectivity index (χ4v) is 3.06. The zero-order valence-electron chi connectivity index (χ0n) is 15.2. The molecule has 0 unspecified atom stereocenters. The smallest absolute Gasteiger partial charge is 0.317 e. The number of hydrogen-bond acceptors (Lipinski definition) is 3. The highest BCUT2D eigenvalue weighted by Crippen LogP contribution is 2.25. The van der Waals surface area contributed by atoms with Crippen molar-refractivity contribution in [1.29, 1.82) is 0 Å². The van der Waals surface area contributed by atoms with Crippen LogP contribution in [0, 0.1) is 11.8 Å². The number of likely N-dealkylation sites (N-methyl/N-ethyl adjacent to an activating group) is 1. The first-order valence-electron chi connectivity index (χ1n) is 8.74. The average molecular weight is 327 g/mol. The van der Waals surface area contributed by atoms with Crippen molar-refractivity contribution in [2.45, 2.75) is 59.5 Å². The first-order chi connectivity index (χ1) is 10.7. The van der Waals surface area contributed by atoms with Gasteiger partial charge in [-0.25, -0.2) is 4.79 Å². The summed E-state index contributed by atoms with van der Waals surface area (Å²) >= 11 is 0. The molecule has 0 aliphatic heterocycles. The molecular weight excluding hydrogens is 294 g/mol. The SMILES string of the molecule is CCN(CC(=O)O)C1CC(NC(=O)N(CC(C)C)CC(C)C)C1. The van der Waals surface area contributed by atoms with E-state index in [0.717, 1.165) is 32.5 Å². The molecule has 2 amide bonds. The lowest BCUT2D eigenvalue weighted by Gasteiger charge is -2.43. The van der Waals surface area contributed by atoms with Gasteiger partial charge in [0.2, 0.25) is 0 Å². The minimum Gasteiger partial charge on any atom is -0.480 e. The Kier molecular flexibility index (Phi) is 7.82. The Morgan fingerprint density at radius 1 is 1.13 bits per heavy atom. The Hall–Kier alpha value is -1.30. The van der Waals surface area contributed by atoms with Crippen LogP contribution in [0.5, 0.6) is 0 Å². The summed E-state index contributed by atoms with van der Waals surface area (Å²) in [5.74, 6) is 0.0963. The van der Waals surface area contributed by atoms with Crippen molar-refractivity contribution in [1.82, 2.24) is 15.1 Å². The number of carbonyl (C=O) groups excluding carboxylic acids is 1. The third-order valence-corrected chi connectivity index (χ3v) is 4.16. The van der Waals surface area contributed by atoms with Crippen molar-refractivity contribution in [2.75, 3.05) is 26.2 Å².